The van der Waals surface area contributed by atoms with E-state index >= 15 is 0 Å². The van der Waals surface area contributed by atoms with Crippen LogP contribution in [0.25, 0.3) is 10.8 Å². The highest BCUT2D eigenvalue weighted by Crippen LogP contribution is 2.20. The Morgan fingerprint density at radius 2 is 1.88 bits per heavy atom. The first-order valence-corrected chi connectivity index (χ1v) is 5.09. The van der Waals surface area contributed by atoms with Crippen molar-refractivity contribution in [2.45, 2.75) is 6.42 Å². The smallest absolute Gasteiger partial charge is 0.217 e. The van der Waals surface area contributed by atoms with Crippen LogP contribution in [0.15, 0.2) is 42.5 Å². The molecular formula is C14H10NO. The zero-order valence-corrected chi connectivity index (χ0v) is 8.68. The topological polar surface area (TPSA) is 40.9 Å². The van der Waals surface area contributed by atoms with Gasteiger partial charge in [-0.1, -0.05) is 42.5 Å². The Morgan fingerprint density at radius 1 is 1.12 bits per heavy atom. The third-order valence-corrected chi connectivity index (χ3v) is 2.60. The van der Waals surface area contributed by atoms with Crippen LogP contribution in [-0.2, 0) is 11.2 Å². The molecule has 1 unspecified atom stereocenters. The van der Waals surface area contributed by atoms with Gasteiger partial charge in [0.2, 0.25) is 6.29 Å². The van der Waals surface area contributed by atoms with Crippen LogP contribution < -0.4 is 0 Å². The maximum Gasteiger partial charge on any atom is 0.217 e. The molecule has 1 radical (unpaired) electrons. The molecule has 2 nitrogen and oxygen atoms in total. The van der Waals surface area contributed by atoms with E-state index in [9.17, 15) is 4.79 Å². The second-order valence-corrected chi connectivity index (χ2v) is 3.64. The standard InChI is InChI=1S/C14H10NO/c15-9-11(10-16)8-13-6-3-5-12-4-1-2-7-14(12)13/h1-7,11H,8H2. The summed E-state index contributed by atoms with van der Waals surface area (Å²) in [6, 6.07) is 15.8. The Bertz CT molecular complexity index is 549. The predicted molar refractivity (Wildman–Crippen MR) is 62.4 cm³/mol. The number of hydrogen-bond acceptors (Lipinski definition) is 2. The van der Waals surface area contributed by atoms with Crippen LogP contribution in [0.3, 0.4) is 0 Å². The monoisotopic (exact) mass is 208 g/mol. The molecule has 2 aromatic rings. The van der Waals surface area contributed by atoms with Gasteiger partial charge in [-0.2, -0.15) is 5.26 Å². The van der Waals surface area contributed by atoms with Crippen LogP contribution in [0.4, 0.5) is 0 Å². The fraction of sp³-hybridized carbons (Fsp3) is 0.143. The number of nitrogens with zero attached hydrogens (tertiary/aromatic N) is 1. The summed E-state index contributed by atoms with van der Waals surface area (Å²) >= 11 is 0. The van der Waals surface area contributed by atoms with E-state index in [1.165, 1.54) is 0 Å². The fourth-order valence-electron chi connectivity index (χ4n) is 1.80. The van der Waals surface area contributed by atoms with E-state index in [1.54, 1.807) is 6.29 Å². The summed E-state index contributed by atoms with van der Waals surface area (Å²) < 4.78 is 0. The summed E-state index contributed by atoms with van der Waals surface area (Å²) in [5.41, 5.74) is 1.02. The normalized spacial score (nSPS) is 11.9. The van der Waals surface area contributed by atoms with Crippen molar-refractivity contribution in [3.05, 3.63) is 48.0 Å². The molecule has 1 atom stereocenters. The Balaban J connectivity index is 2.45. The van der Waals surface area contributed by atoms with E-state index in [0.717, 1.165) is 16.3 Å². The van der Waals surface area contributed by atoms with E-state index < -0.39 is 5.92 Å². The third kappa shape index (κ3) is 1.94. The lowest BCUT2D eigenvalue weighted by Crippen LogP contribution is -2.03. The first kappa shape index (κ1) is 10.4. The van der Waals surface area contributed by atoms with Crippen molar-refractivity contribution < 1.29 is 4.79 Å². The van der Waals surface area contributed by atoms with Crippen LogP contribution in [0.1, 0.15) is 5.56 Å². The maximum atomic E-state index is 10.5. The highest BCUT2D eigenvalue weighted by Gasteiger charge is 2.09. The minimum absolute atomic E-state index is 0.432. The van der Waals surface area contributed by atoms with E-state index in [2.05, 4.69) is 0 Å². The maximum absolute atomic E-state index is 10.5. The van der Waals surface area contributed by atoms with Crippen LogP contribution in [0.2, 0.25) is 0 Å². The first-order valence-electron chi connectivity index (χ1n) is 5.09. The van der Waals surface area contributed by atoms with Crippen molar-refractivity contribution in [1.82, 2.24) is 0 Å². The highest BCUT2D eigenvalue weighted by molar-refractivity contribution is 5.86. The summed E-state index contributed by atoms with van der Waals surface area (Å²) in [5, 5.41) is 11.0. The van der Waals surface area contributed by atoms with Gasteiger partial charge in [0.15, 0.2) is 0 Å². The summed E-state index contributed by atoms with van der Waals surface area (Å²) in [6.45, 7) is 0. The molecule has 0 aliphatic carbocycles. The van der Waals surface area contributed by atoms with Gasteiger partial charge < -0.3 is 0 Å². The largest absolute Gasteiger partial charge is 0.289 e. The molecular weight excluding hydrogens is 198 g/mol. The van der Waals surface area contributed by atoms with Gasteiger partial charge in [0, 0.05) is 0 Å². The van der Waals surface area contributed by atoms with Crippen LogP contribution in [0.5, 0.6) is 0 Å². The van der Waals surface area contributed by atoms with E-state index in [-0.39, 0.29) is 0 Å². The molecule has 0 saturated heterocycles. The Kier molecular flexibility index (Phi) is 2.98. The molecule has 2 heteroatoms. The van der Waals surface area contributed by atoms with Crippen LogP contribution >= 0.6 is 0 Å². The first-order chi connectivity index (χ1) is 7.85. The summed E-state index contributed by atoms with van der Waals surface area (Å²) in [4.78, 5) is 10.5. The average Bonchev–Trinajstić information content (AvgIpc) is 2.36. The molecule has 0 amide bonds. The van der Waals surface area contributed by atoms with Crippen molar-refractivity contribution in [1.29, 1.82) is 5.26 Å². The molecule has 0 aromatic heterocycles. The lowest BCUT2D eigenvalue weighted by atomic mass is 9.96. The van der Waals surface area contributed by atoms with Crippen molar-refractivity contribution in [2.75, 3.05) is 0 Å². The second kappa shape index (κ2) is 4.59. The van der Waals surface area contributed by atoms with E-state index in [4.69, 9.17) is 5.26 Å². The van der Waals surface area contributed by atoms with Crippen molar-refractivity contribution in [3.63, 3.8) is 0 Å². The van der Waals surface area contributed by atoms with Gasteiger partial charge in [-0.3, -0.25) is 4.79 Å². The van der Waals surface area contributed by atoms with Gasteiger partial charge in [0.1, 0.15) is 5.92 Å². The lowest BCUT2D eigenvalue weighted by molar-refractivity contribution is 0.539. The quantitative estimate of drug-likeness (QED) is 0.778. The Hall–Kier alpha value is -2.14. The number of fused-ring (bicyclic) bond motifs is 1. The minimum Gasteiger partial charge on any atom is -0.289 e. The third-order valence-electron chi connectivity index (χ3n) is 2.60. The zero-order chi connectivity index (χ0) is 11.4. The Labute approximate surface area is 94.1 Å². The van der Waals surface area contributed by atoms with Gasteiger partial charge in [0.25, 0.3) is 0 Å². The molecule has 0 fully saturated rings. The van der Waals surface area contributed by atoms with Gasteiger partial charge >= 0.3 is 0 Å². The molecule has 0 aliphatic heterocycles. The lowest BCUT2D eigenvalue weighted by Gasteiger charge is -2.06. The second-order valence-electron chi connectivity index (χ2n) is 3.64. The molecule has 0 N–H and O–H groups in total. The fourth-order valence-corrected chi connectivity index (χ4v) is 1.80. The van der Waals surface area contributed by atoms with Gasteiger partial charge in [-0.05, 0) is 22.8 Å². The molecule has 0 saturated carbocycles. The molecule has 2 aromatic carbocycles. The van der Waals surface area contributed by atoms with Gasteiger partial charge in [0.05, 0.1) is 6.07 Å². The number of benzene rings is 2. The molecule has 0 heterocycles. The molecule has 16 heavy (non-hydrogen) atoms. The molecule has 0 spiro atoms. The van der Waals surface area contributed by atoms with Crippen LogP contribution in [0, 0.1) is 17.2 Å². The average molecular weight is 208 g/mol. The molecule has 0 aliphatic rings. The number of carbonyl (C=O) groups excluding carboxylic acids is 1. The van der Waals surface area contributed by atoms with Gasteiger partial charge in [-0.15, -0.1) is 0 Å². The van der Waals surface area contributed by atoms with E-state index in [0.29, 0.717) is 6.42 Å². The van der Waals surface area contributed by atoms with Crippen LogP contribution in [-0.4, -0.2) is 6.29 Å². The number of hydrogen-bond donors (Lipinski definition) is 0. The number of nitriles is 1. The molecule has 0 bridgehead atoms. The predicted octanol–water partition coefficient (Wildman–Crippen LogP) is 2.63. The molecule has 2 rings (SSSR count). The van der Waals surface area contributed by atoms with Crippen molar-refractivity contribution in [2.24, 2.45) is 5.92 Å². The summed E-state index contributed by atoms with van der Waals surface area (Å²) in [6.07, 6.45) is 2.19. The SMILES string of the molecule is N#CC([C]=O)Cc1cccc2ccccc12. The summed E-state index contributed by atoms with van der Waals surface area (Å²) in [5.74, 6) is -0.675. The molecule has 77 valence electrons. The summed E-state index contributed by atoms with van der Waals surface area (Å²) in [7, 11) is 0. The highest BCUT2D eigenvalue weighted by atomic mass is 16.1. The van der Waals surface area contributed by atoms with Crippen molar-refractivity contribution in [3.8, 4) is 6.07 Å². The minimum atomic E-state index is -0.675. The Morgan fingerprint density at radius 3 is 2.62 bits per heavy atom. The number of rotatable bonds is 3. The van der Waals surface area contributed by atoms with Crippen molar-refractivity contribution >= 4 is 17.1 Å². The van der Waals surface area contributed by atoms with E-state index in [1.807, 2.05) is 48.5 Å². The van der Waals surface area contributed by atoms with Gasteiger partial charge in [-0.25, -0.2) is 0 Å². The zero-order valence-electron chi connectivity index (χ0n) is 8.68.